The van der Waals surface area contributed by atoms with Crippen LogP contribution < -0.4 is 0 Å². The van der Waals surface area contributed by atoms with Gasteiger partial charge in [0, 0.05) is 29.1 Å². The van der Waals surface area contributed by atoms with E-state index in [2.05, 4.69) is 20.0 Å². The maximum absolute atomic E-state index is 9.87. The Morgan fingerprint density at radius 2 is 1.50 bits per heavy atom. The fourth-order valence-electron chi connectivity index (χ4n) is 0.467. The molecule has 14 heavy (non-hydrogen) atoms. The van der Waals surface area contributed by atoms with Crippen molar-refractivity contribution in [3.8, 4) is 0 Å². The summed E-state index contributed by atoms with van der Waals surface area (Å²) < 4.78 is 22.5. The third-order valence-electron chi connectivity index (χ3n) is 0.825. The summed E-state index contributed by atoms with van der Waals surface area (Å²) in [6.45, 7) is 13.5. The van der Waals surface area contributed by atoms with Gasteiger partial charge in [0.1, 0.15) is 6.29 Å². The van der Waals surface area contributed by atoms with Crippen LogP contribution in [0.15, 0.2) is 23.8 Å². The molecule has 0 fully saturated rings. The van der Waals surface area contributed by atoms with Gasteiger partial charge >= 0.3 is 33.9 Å². The zero-order valence-corrected chi connectivity index (χ0v) is 8.08. The van der Waals surface area contributed by atoms with Crippen LogP contribution in [0.2, 0.25) is 0 Å². The van der Waals surface area contributed by atoms with E-state index in [1.54, 1.807) is 12.2 Å². The zero-order valence-electron chi connectivity index (χ0n) is 6.90. The Labute approximate surface area is 92.7 Å². The summed E-state index contributed by atoms with van der Waals surface area (Å²) in [6.07, 6.45) is 8.05. The summed E-state index contributed by atoms with van der Waals surface area (Å²) in [5.74, 6) is 0. The smallest absolute Gasteiger partial charge is 0 e. The fourth-order valence-corrected chi connectivity index (χ4v) is 0.467. The van der Waals surface area contributed by atoms with E-state index in [-0.39, 0.29) is 17.1 Å². The molecule has 2 radical (unpaired) electrons. The van der Waals surface area contributed by atoms with E-state index in [1.807, 2.05) is 12.5 Å². The molecule has 0 heterocycles. The molecule has 1 aliphatic rings. The molecular weight excluding hydrogens is 227 g/mol. The summed E-state index contributed by atoms with van der Waals surface area (Å²) in [4.78, 5) is 9.87. The van der Waals surface area contributed by atoms with Crippen molar-refractivity contribution in [1.29, 1.82) is 0 Å². The van der Waals surface area contributed by atoms with Gasteiger partial charge in [-0.1, -0.05) is 18.2 Å². The predicted molar refractivity (Wildman–Crippen MR) is 39.4 cm³/mol. The van der Waals surface area contributed by atoms with Crippen LogP contribution in [0.5, 0.6) is 0 Å². The van der Waals surface area contributed by atoms with Gasteiger partial charge in [-0.15, -0.1) is 0 Å². The second-order valence-corrected chi connectivity index (χ2v) is 1.34. The van der Waals surface area contributed by atoms with E-state index in [0.717, 1.165) is 11.9 Å². The van der Waals surface area contributed by atoms with E-state index >= 15 is 0 Å². The predicted octanol–water partition coefficient (Wildman–Crippen LogP) is 0.771. The Balaban J connectivity index is -0.0000000625. The molecule has 0 bridgehead atoms. The fraction of sp³-hybridized carbons (Fsp3) is 0. The molecule has 0 aromatic heterocycles. The number of aldehydes is 1. The quantitative estimate of drug-likeness (QED) is 0.284. The monoisotopic (exact) mass is 232 g/mol. The second kappa shape index (κ2) is 29.7. The minimum Gasteiger partial charge on any atom is 0 e. The van der Waals surface area contributed by atoms with Crippen molar-refractivity contribution in [2.45, 2.75) is 0 Å². The van der Waals surface area contributed by atoms with Crippen molar-refractivity contribution in [1.82, 2.24) is 0 Å². The van der Waals surface area contributed by atoms with Crippen LogP contribution >= 0.6 is 0 Å². The van der Waals surface area contributed by atoms with Gasteiger partial charge in [0.2, 0.25) is 0 Å². The molecule has 0 aromatic rings. The average molecular weight is 232 g/mol. The van der Waals surface area contributed by atoms with Crippen LogP contribution in [0, 0.1) is 26.4 Å². The zero-order chi connectivity index (χ0) is 11.1. The molecule has 0 atom stereocenters. The van der Waals surface area contributed by atoms with Gasteiger partial charge in [-0.3, -0.25) is 4.79 Å². The first kappa shape index (κ1) is 23.1. The van der Waals surface area contributed by atoms with Crippen molar-refractivity contribution >= 4 is 6.29 Å². The Bertz CT molecular complexity index is 221. The van der Waals surface area contributed by atoms with Gasteiger partial charge in [-0.05, 0) is 0 Å². The maximum Gasteiger partial charge on any atom is 0 e. The first-order valence-electron chi connectivity index (χ1n) is 2.71. The number of carbonyl (C=O) groups excluding carboxylic acids is 1. The molecule has 0 saturated heterocycles. The number of allylic oxidation sites excluding steroid dienone is 4. The van der Waals surface area contributed by atoms with E-state index in [4.69, 9.17) is 14.0 Å². The molecule has 72 valence electrons. The van der Waals surface area contributed by atoms with Gasteiger partial charge in [0.05, 0.1) is 0 Å². The van der Waals surface area contributed by atoms with E-state index in [9.17, 15) is 4.79 Å². The van der Waals surface area contributed by atoms with Gasteiger partial charge in [-0.25, -0.2) is 0 Å². The summed E-state index contributed by atoms with van der Waals surface area (Å²) in [5.41, 5.74) is 0.750. The third kappa shape index (κ3) is 17.1. The number of carbonyl (C=O) groups is 1. The molecule has 5 heteroatoms. The Kier molecular flexibility index (Phi) is 48.9. The molecule has 4 nitrogen and oxygen atoms in total. The molecule has 0 aromatic carbocycles. The minimum atomic E-state index is 0. The Morgan fingerprint density at radius 3 is 1.64 bits per heavy atom. The van der Waals surface area contributed by atoms with E-state index < -0.39 is 0 Å². The normalized spacial score (nSPS) is 8.86. The molecule has 0 unspecified atom stereocenters. The van der Waals surface area contributed by atoms with Crippen LogP contribution in [0.25, 0.3) is 0 Å². The maximum atomic E-state index is 9.87. The standard InChI is InChI=1S/C6H5O.3CO.Mn/c7-5-6-3-1-2-4-6;3*1-2;/h1-5H;;;;. The first-order valence-corrected chi connectivity index (χ1v) is 2.71. The van der Waals surface area contributed by atoms with Crippen LogP contribution in [0.1, 0.15) is 0 Å². The molecule has 0 spiro atoms. The molecule has 0 aliphatic heterocycles. The number of rotatable bonds is 1. The Morgan fingerprint density at radius 1 is 1.07 bits per heavy atom. The van der Waals surface area contributed by atoms with Crippen LogP contribution in [0.4, 0.5) is 0 Å². The van der Waals surface area contributed by atoms with Crippen molar-refractivity contribution in [3.05, 3.63) is 50.2 Å². The second-order valence-electron chi connectivity index (χ2n) is 1.34. The van der Waals surface area contributed by atoms with Crippen molar-refractivity contribution in [2.75, 3.05) is 0 Å². The first-order chi connectivity index (χ1) is 6.43. The molecule has 0 saturated carbocycles. The SMILES string of the molecule is O=CC1=C[CH]C=C1.[C-]#[O+].[C-]#[O+].[C-]#[O+].[Mn]. The van der Waals surface area contributed by atoms with E-state index in [1.165, 1.54) is 0 Å². The van der Waals surface area contributed by atoms with Crippen molar-refractivity contribution in [3.63, 3.8) is 0 Å². The van der Waals surface area contributed by atoms with Gasteiger partial charge in [-0.2, -0.15) is 0 Å². The summed E-state index contributed by atoms with van der Waals surface area (Å²) in [7, 11) is 0. The molecule has 1 rings (SSSR count). The Hall–Kier alpha value is -1.11. The van der Waals surface area contributed by atoms with Crippen LogP contribution in [-0.2, 0) is 35.8 Å². The summed E-state index contributed by atoms with van der Waals surface area (Å²) in [6, 6.07) is 0. The third-order valence-corrected chi connectivity index (χ3v) is 0.825. The van der Waals surface area contributed by atoms with Gasteiger partial charge in [0.25, 0.3) is 0 Å². The van der Waals surface area contributed by atoms with Crippen LogP contribution in [-0.4, -0.2) is 6.29 Å². The van der Waals surface area contributed by atoms with E-state index in [0.29, 0.717) is 0 Å². The minimum absolute atomic E-state index is 0. The van der Waals surface area contributed by atoms with Crippen LogP contribution in [0.3, 0.4) is 0 Å². The topological polar surface area (TPSA) is 76.8 Å². The van der Waals surface area contributed by atoms with Gasteiger partial charge in [0.15, 0.2) is 0 Å². The number of hydrogen-bond acceptors (Lipinski definition) is 1. The average Bonchev–Trinajstić information content (AvgIpc) is 2.79. The summed E-state index contributed by atoms with van der Waals surface area (Å²) >= 11 is 0. The molecular formula is C9H5MnO4. The van der Waals surface area contributed by atoms with Crippen molar-refractivity contribution < 1.29 is 35.8 Å². The molecule has 0 amide bonds. The molecule has 0 N–H and O–H groups in total. The number of hydrogen-bond donors (Lipinski definition) is 0. The van der Waals surface area contributed by atoms with Gasteiger partial charge < -0.3 is 0 Å². The van der Waals surface area contributed by atoms with Crippen molar-refractivity contribution in [2.24, 2.45) is 0 Å². The largest absolute Gasteiger partial charge is 0 e. The summed E-state index contributed by atoms with van der Waals surface area (Å²) in [5, 5.41) is 0. The molecule has 1 aliphatic carbocycles.